The maximum absolute atomic E-state index is 6.14. The van der Waals surface area contributed by atoms with Crippen LogP contribution in [0.2, 0.25) is 5.15 Å². The Morgan fingerprint density at radius 2 is 1.90 bits per heavy atom. The summed E-state index contributed by atoms with van der Waals surface area (Å²) >= 11 is 6.14. The molecule has 0 radical (unpaired) electrons. The Hall–Kier alpha value is -2.27. The lowest BCUT2D eigenvalue weighted by Crippen LogP contribution is -2.02. The van der Waals surface area contributed by atoms with Crippen molar-refractivity contribution in [2.24, 2.45) is 0 Å². The van der Waals surface area contributed by atoms with Gasteiger partial charge >= 0.3 is 0 Å². The Kier molecular flexibility index (Phi) is 3.43. The highest BCUT2D eigenvalue weighted by Crippen LogP contribution is 2.20. The number of halogens is 1. The van der Waals surface area contributed by atoms with Crippen molar-refractivity contribution in [3.63, 3.8) is 0 Å². The number of pyridine rings is 1. The molecule has 0 spiro atoms. The first-order valence-electron chi connectivity index (χ1n) is 6.03. The minimum atomic E-state index is 0.276. The highest BCUT2D eigenvalue weighted by atomic mass is 35.5. The maximum atomic E-state index is 6.14. The molecule has 20 heavy (non-hydrogen) atoms. The van der Waals surface area contributed by atoms with Crippen molar-refractivity contribution in [1.29, 1.82) is 0 Å². The van der Waals surface area contributed by atoms with Gasteiger partial charge in [-0.25, -0.2) is 0 Å². The molecule has 0 atom stereocenters. The van der Waals surface area contributed by atoms with Crippen LogP contribution in [0.3, 0.4) is 0 Å². The zero-order valence-corrected chi connectivity index (χ0v) is 11.5. The predicted molar refractivity (Wildman–Crippen MR) is 75.3 cm³/mol. The third kappa shape index (κ3) is 2.40. The topological polar surface area (TPSA) is 48.7 Å². The number of methoxy groups -OCH3 is 1. The maximum Gasteiger partial charge on any atom is 0.176 e. The van der Waals surface area contributed by atoms with E-state index in [1.165, 1.54) is 0 Å². The normalized spacial score (nSPS) is 10.7. The summed E-state index contributed by atoms with van der Waals surface area (Å²) in [5.41, 5.74) is 0.696. The molecule has 2 aromatic heterocycles. The standard InChI is InChI=1S/C14H12ClN3O2/c1-19-10-4-2-5-11(8-10)20-9-14-17-16-13-7-3-6-12(15)18(13)14/h2-8H,9H2,1H3. The first-order chi connectivity index (χ1) is 9.78. The van der Waals surface area contributed by atoms with Crippen LogP contribution in [0.15, 0.2) is 42.5 Å². The fraction of sp³-hybridized carbons (Fsp3) is 0.143. The van der Waals surface area contributed by atoms with Gasteiger partial charge in [0.25, 0.3) is 0 Å². The number of nitrogens with zero attached hydrogens (tertiary/aromatic N) is 3. The summed E-state index contributed by atoms with van der Waals surface area (Å²) in [5.74, 6) is 2.09. The Bertz CT molecular complexity index is 742. The van der Waals surface area contributed by atoms with Crippen LogP contribution >= 0.6 is 11.6 Å². The summed E-state index contributed by atoms with van der Waals surface area (Å²) in [7, 11) is 1.62. The summed E-state index contributed by atoms with van der Waals surface area (Å²) < 4.78 is 12.6. The summed E-state index contributed by atoms with van der Waals surface area (Å²) in [6.07, 6.45) is 0. The monoisotopic (exact) mass is 289 g/mol. The van der Waals surface area contributed by atoms with Gasteiger partial charge in [0, 0.05) is 6.07 Å². The van der Waals surface area contributed by atoms with Gasteiger partial charge in [0.05, 0.1) is 7.11 Å². The fourth-order valence-corrected chi connectivity index (χ4v) is 2.15. The van der Waals surface area contributed by atoms with Crippen molar-refractivity contribution < 1.29 is 9.47 Å². The van der Waals surface area contributed by atoms with Crippen molar-refractivity contribution >= 4 is 17.2 Å². The first kappa shape index (κ1) is 12.7. The number of aromatic nitrogens is 3. The molecule has 0 fully saturated rings. The van der Waals surface area contributed by atoms with E-state index in [4.69, 9.17) is 21.1 Å². The number of hydrogen-bond acceptors (Lipinski definition) is 4. The van der Waals surface area contributed by atoms with E-state index in [2.05, 4.69) is 10.2 Å². The van der Waals surface area contributed by atoms with E-state index >= 15 is 0 Å². The van der Waals surface area contributed by atoms with Crippen molar-refractivity contribution in [1.82, 2.24) is 14.6 Å². The molecule has 1 aromatic carbocycles. The molecule has 3 rings (SSSR count). The average molecular weight is 290 g/mol. The lowest BCUT2D eigenvalue weighted by molar-refractivity contribution is 0.292. The molecule has 0 bridgehead atoms. The number of fused-ring (bicyclic) bond motifs is 1. The summed E-state index contributed by atoms with van der Waals surface area (Å²) in [6, 6.07) is 12.8. The number of rotatable bonds is 4. The molecule has 0 aliphatic carbocycles. The van der Waals surface area contributed by atoms with Crippen molar-refractivity contribution in [2.45, 2.75) is 6.61 Å². The smallest absolute Gasteiger partial charge is 0.176 e. The Labute approximate surface area is 120 Å². The Morgan fingerprint density at radius 1 is 1.10 bits per heavy atom. The zero-order valence-electron chi connectivity index (χ0n) is 10.8. The van der Waals surface area contributed by atoms with Crippen LogP contribution in [-0.2, 0) is 6.61 Å². The molecule has 2 heterocycles. The average Bonchev–Trinajstić information content (AvgIpc) is 2.90. The van der Waals surface area contributed by atoms with Gasteiger partial charge in [-0.3, -0.25) is 4.40 Å². The Balaban J connectivity index is 1.83. The highest BCUT2D eigenvalue weighted by Gasteiger charge is 2.09. The third-order valence-electron chi connectivity index (χ3n) is 2.86. The van der Waals surface area contributed by atoms with E-state index in [1.54, 1.807) is 17.6 Å². The lowest BCUT2D eigenvalue weighted by atomic mass is 10.3. The number of ether oxygens (including phenoxy) is 2. The second-order valence-corrected chi connectivity index (χ2v) is 4.51. The molecule has 0 N–H and O–H groups in total. The summed E-state index contributed by atoms with van der Waals surface area (Å²) in [4.78, 5) is 0. The van der Waals surface area contributed by atoms with Gasteiger partial charge < -0.3 is 9.47 Å². The minimum Gasteiger partial charge on any atom is -0.497 e. The number of hydrogen-bond donors (Lipinski definition) is 0. The van der Waals surface area contributed by atoms with Gasteiger partial charge in [-0.05, 0) is 24.3 Å². The van der Waals surface area contributed by atoms with Gasteiger partial charge in [0.1, 0.15) is 23.3 Å². The first-order valence-corrected chi connectivity index (χ1v) is 6.41. The van der Waals surface area contributed by atoms with E-state index in [9.17, 15) is 0 Å². The summed E-state index contributed by atoms with van der Waals surface area (Å²) in [5, 5.41) is 8.69. The largest absolute Gasteiger partial charge is 0.497 e. The second kappa shape index (κ2) is 5.38. The Morgan fingerprint density at radius 3 is 2.75 bits per heavy atom. The molecule has 6 heteroatoms. The van der Waals surface area contributed by atoms with Crippen LogP contribution in [0.4, 0.5) is 0 Å². The molecular weight excluding hydrogens is 278 g/mol. The molecule has 0 unspecified atom stereocenters. The van der Waals surface area contributed by atoms with Crippen LogP contribution < -0.4 is 9.47 Å². The second-order valence-electron chi connectivity index (χ2n) is 4.13. The fourth-order valence-electron chi connectivity index (χ4n) is 1.89. The van der Waals surface area contributed by atoms with Crippen molar-refractivity contribution in [3.05, 3.63) is 53.4 Å². The molecule has 0 aliphatic rings. The lowest BCUT2D eigenvalue weighted by Gasteiger charge is -2.07. The molecule has 0 saturated carbocycles. The molecule has 0 saturated heterocycles. The third-order valence-corrected chi connectivity index (χ3v) is 3.15. The SMILES string of the molecule is COc1cccc(OCc2nnc3cccc(Cl)n23)c1. The molecule has 5 nitrogen and oxygen atoms in total. The van der Waals surface area contributed by atoms with E-state index in [0.29, 0.717) is 22.4 Å². The quantitative estimate of drug-likeness (QED) is 0.693. The van der Waals surface area contributed by atoms with E-state index in [1.807, 2.05) is 36.4 Å². The van der Waals surface area contributed by atoms with Crippen LogP contribution in [0.1, 0.15) is 5.82 Å². The van der Waals surface area contributed by atoms with Gasteiger partial charge in [0.15, 0.2) is 11.5 Å². The molecule has 0 aliphatic heterocycles. The van der Waals surface area contributed by atoms with Gasteiger partial charge in [-0.15, -0.1) is 10.2 Å². The molecule has 102 valence electrons. The molecular formula is C14H12ClN3O2. The van der Waals surface area contributed by atoms with Crippen LogP contribution in [0, 0.1) is 0 Å². The molecule has 0 amide bonds. The van der Waals surface area contributed by atoms with E-state index in [-0.39, 0.29) is 6.61 Å². The van der Waals surface area contributed by atoms with Crippen LogP contribution in [0.25, 0.3) is 5.65 Å². The van der Waals surface area contributed by atoms with Gasteiger partial charge in [-0.1, -0.05) is 23.7 Å². The number of benzene rings is 1. The van der Waals surface area contributed by atoms with E-state index in [0.717, 1.165) is 5.75 Å². The molecule has 3 aromatic rings. The highest BCUT2D eigenvalue weighted by molar-refractivity contribution is 6.29. The van der Waals surface area contributed by atoms with Crippen molar-refractivity contribution in [3.8, 4) is 11.5 Å². The van der Waals surface area contributed by atoms with Crippen LogP contribution in [0.5, 0.6) is 11.5 Å². The van der Waals surface area contributed by atoms with Crippen molar-refractivity contribution in [2.75, 3.05) is 7.11 Å². The predicted octanol–water partition coefficient (Wildman–Crippen LogP) is 2.97. The van der Waals surface area contributed by atoms with Gasteiger partial charge in [-0.2, -0.15) is 0 Å². The zero-order chi connectivity index (χ0) is 13.9. The van der Waals surface area contributed by atoms with E-state index < -0.39 is 0 Å². The van der Waals surface area contributed by atoms with Gasteiger partial charge in [0.2, 0.25) is 0 Å². The summed E-state index contributed by atoms with van der Waals surface area (Å²) in [6.45, 7) is 0.276. The van der Waals surface area contributed by atoms with Crippen LogP contribution in [-0.4, -0.2) is 21.7 Å². The minimum absolute atomic E-state index is 0.276.